The summed E-state index contributed by atoms with van der Waals surface area (Å²) in [6, 6.07) is 0. The van der Waals surface area contributed by atoms with Crippen LogP contribution in [0.5, 0.6) is 0 Å². The van der Waals surface area contributed by atoms with E-state index in [0.29, 0.717) is 0 Å². The summed E-state index contributed by atoms with van der Waals surface area (Å²) in [5.41, 5.74) is 1.81. The zero-order chi connectivity index (χ0) is 12.9. The Morgan fingerprint density at radius 2 is 1.11 bits per heavy atom. The van der Waals surface area contributed by atoms with Gasteiger partial charge in [0.2, 0.25) is 0 Å². The molecule has 0 aromatic carbocycles. The third-order valence-electron chi connectivity index (χ3n) is 16.1. The SMILES string of the molecule is CC(C)PC(C)C.C[C]12[CH]3[CH]4[CH]5[CH]1[Fe]45321678[CH]2[CH]1[CH]6[CH]7[CH]28. The van der Waals surface area contributed by atoms with E-state index in [1.54, 1.807) is 33.7 Å². The van der Waals surface area contributed by atoms with E-state index in [2.05, 4.69) is 34.6 Å². The van der Waals surface area contributed by atoms with Gasteiger partial charge in [-0.05, 0) is 11.3 Å². The minimum atomic E-state index is -2.45. The van der Waals surface area contributed by atoms with Crippen molar-refractivity contribution >= 4 is 8.58 Å². The van der Waals surface area contributed by atoms with Crippen molar-refractivity contribution in [3.63, 3.8) is 0 Å². The normalized spacial score (nSPS) is 108. The molecule has 0 amide bonds. The molecule has 10 fully saturated rings. The van der Waals surface area contributed by atoms with Crippen LogP contribution in [0.4, 0.5) is 0 Å². The third kappa shape index (κ3) is 0.115. The summed E-state index contributed by atoms with van der Waals surface area (Å²) >= 11 is 0. The maximum absolute atomic E-state index is 2.82. The Morgan fingerprint density at radius 3 is 1.11 bits per heavy atom. The Balaban J connectivity index is 0.0000000945. The fourth-order valence-corrected chi connectivity index (χ4v) is 94.6. The van der Waals surface area contributed by atoms with Crippen molar-refractivity contribution in [2.75, 3.05) is 0 Å². The van der Waals surface area contributed by atoms with Crippen LogP contribution in [0.2, 0.25) is 47.7 Å². The first kappa shape index (κ1) is 9.17. The van der Waals surface area contributed by atoms with Gasteiger partial charge in [0.25, 0.3) is 0 Å². The second-order valence-corrected chi connectivity index (χ2v) is 39.0. The molecule has 10 saturated heterocycles. The van der Waals surface area contributed by atoms with E-state index in [9.17, 15) is 0 Å². The Kier molecular flexibility index (Phi) is 0.399. The third-order valence-corrected chi connectivity index (χ3v) is 61.2. The van der Waals surface area contributed by atoms with Crippen LogP contribution in [0.3, 0.4) is 0 Å². The van der Waals surface area contributed by atoms with E-state index in [1.165, 1.54) is 13.9 Å². The molecule has 0 aromatic rings. The number of hydrogen-bond acceptors (Lipinski definition) is 0. The molecule has 108 valence electrons. The predicted molar refractivity (Wildman–Crippen MR) is 80.7 cm³/mol. The van der Waals surface area contributed by atoms with E-state index in [-0.39, 0.29) is 0 Å². The summed E-state index contributed by atoms with van der Waals surface area (Å²) in [5.74, 6) is 0. The maximum atomic E-state index is 2.82. The topological polar surface area (TPSA) is 0 Å². The van der Waals surface area contributed by atoms with Crippen molar-refractivity contribution in [1.82, 2.24) is 0 Å². The summed E-state index contributed by atoms with van der Waals surface area (Å²) in [4.78, 5) is 14.0. The molecule has 2 heteroatoms. The molecule has 19 heavy (non-hydrogen) atoms. The van der Waals surface area contributed by atoms with Crippen LogP contribution in [0, 0.1) is 0 Å². The van der Waals surface area contributed by atoms with Crippen molar-refractivity contribution in [1.29, 1.82) is 0 Å². The van der Waals surface area contributed by atoms with E-state index in [4.69, 9.17) is 0 Å². The van der Waals surface area contributed by atoms with E-state index in [0.717, 1.165) is 19.9 Å². The molecule has 0 radical (unpaired) electrons. The molecule has 0 nitrogen and oxygen atoms in total. The Hall–Kier alpha value is 0.949. The predicted octanol–water partition coefficient (Wildman–Crippen LogP) is 6.25. The summed E-state index contributed by atoms with van der Waals surface area (Å²) < 4.78 is 1.19. The second kappa shape index (κ2) is 0.826. The van der Waals surface area contributed by atoms with Crippen molar-refractivity contribution in [2.45, 2.75) is 93.6 Å². The van der Waals surface area contributed by atoms with Gasteiger partial charge in [-0.1, -0.05) is 27.7 Å². The van der Waals surface area contributed by atoms with Crippen LogP contribution >= 0.6 is 8.58 Å². The Bertz CT molecular complexity index is 855. The molecule has 1 spiro atoms. The Labute approximate surface area is 108 Å². The molecule has 0 N–H and O–H groups in total. The van der Waals surface area contributed by atoms with Gasteiger partial charge in [-0.2, -0.15) is 0 Å². The van der Waals surface area contributed by atoms with Gasteiger partial charge in [-0.15, -0.1) is 8.58 Å². The summed E-state index contributed by atoms with van der Waals surface area (Å²) in [5, 5.41) is 0. The van der Waals surface area contributed by atoms with Gasteiger partial charge in [0.05, 0.1) is 0 Å². The van der Waals surface area contributed by atoms with Gasteiger partial charge in [0.15, 0.2) is 0 Å². The number of fused-ring (bicyclic) bond motifs is 10. The zero-order valence-electron chi connectivity index (χ0n) is 12.7. The monoisotopic (exact) mass is 318 g/mol. The van der Waals surface area contributed by atoms with Crippen molar-refractivity contribution < 1.29 is 6.51 Å². The molecule has 0 aromatic heterocycles. The first-order valence-corrected chi connectivity index (χ1v) is 16.1. The first-order chi connectivity index (χ1) is 8.67. The quantitative estimate of drug-likeness (QED) is 0.417. The second-order valence-electron chi connectivity index (χ2n) is 12.5. The fraction of sp³-hybridized carbons (Fsp3) is 1.00. The molecular formula is C17H27FeP. The van der Waals surface area contributed by atoms with Crippen LogP contribution in [0.15, 0.2) is 0 Å². The Morgan fingerprint density at radius 1 is 0.737 bits per heavy atom. The van der Waals surface area contributed by atoms with Gasteiger partial charge < -0.3 is 0 Å². The first-order valence-electron chi connectivity index (χ1n) is 8.64. The van der Waals surface area contributed by atoms with Crippen LogP contribution in [-0.4, -0.2) is 11.3 Å². The van der Waals surface area contributed by atoms with Crippen LogP contribution in [0.25, 0.3) is 0 Å². The van der Waals surface area contributed by atoms with Crippen molar-refractivity contribution in [3.05, 3.63) is 0 Å². The van der Waals surface area contributed by atoms with E-state index < -0.39 is 6.51 Å². The molecule has 4 unspecified atom stereocenters. The molecule has 10 aliphatic heterocycles. The van der Waals surface area contributed by atoms with Gasteiger partial charge in [-0.25, -0.2) is 0 Å². The van der Waals surface area contributed by atoms with E-state index in [1.807, 2.05) is 0 Å². The molecule has 0 saturated carbocycles. The molecule has 0 bridgehead atoms. The standard InChI is InChI=1S/C6H15P.C6H7.C5H5.Fe/c1-5(2)7-6(3)4;1-6-4-2-3-5-6;1-2-4-5-3-1;/h5-7H,1-4H3;2-5H,1H3;1-5H;. The molecular weight excluding hydrogens is 291 g/mol. The van der Waals surface area contributed by atoms with Crippen molar-refractivity contribution in [3.8, 4) is 0 Å². The summed E-state index contributed by atoms with van der Waals surface area (Å²) in [7, 11) is 1.15. The van der Waals surface area contributed by atoms with Gasteiger partial charge in [0.1, 0.15) is 0 Å². The van der Waals surface area contributed by atoms with Crippen LogP contribution in [-0.2, 0) is 6.51 Å². The van der Waals surface area contributed by atoms with Gasteiger partial charge in [-0.3, -0.25) is 0 Å². The zero-order valence-corrected chi connectivity index (χ0v) is 14.8. The molecule has 10 heterocycles. The number of hydrogen-bond donors (Lipinski definition) is 0. The average molecular weight is 318 g/mol. The average Bonchev–Trinajstić information content (AvgIpc) is 3.22. The van der Waals surface area contributed by atoms with Crippen LogP contribution < -0.4 is 0 Å². The van der Waals surface area contributed by atoms with E-state index >= 15 is 0 Å². The van der Waals surface area contributed by atoms with Gasteiger partial charge in [0, 0.05) is 0 Å². The summed E-state index contributed by atoms with van der Waals surface area (Å²) in [6.07, 6.45) is 0. The molecule has 10 rings (SSSR count). The van der Waals surface area contributed by atoms with Crippen LogP contribution in [0.1, 0.15) is 34.6 Å². The summed E-state index contributed by atoms with van der Waals surface area (Å²) in [6.45, 7) is 9.47. The minimum absolute atomic E-state index is 0.903. The number of rotatable bonds is 2. The van der Waals surface area contributed by atoms with Crippen molar-refractivity contribution in [2.24, 2.45) is 0 Å². The van der Waals surface area contributed by atoms with Gasteiger partial charge >= 0.3 is 61.1 Å². The molecule has 10 aliphatic rings. The molecule has 0 aliphatic carbocycles. The fourth-order valence-electron chi connectivity index (χ4n) is 18.0. The molecule has 4 atom stereocenters.